The lowest BCUT2D eigenvalue weighted by atomic mass is 9.69. The molecular weight excluding hydrogens is 262 g/mol. The van der Waals surface area contributed by atoms with E-state index in [4.69, 9.17) is 0 Å². The van der Waals surface area contributed by atoms with Crippen LogP contribution in [0.3, 0.4) is 0 Å². The second-order valence-electron chi connectivity index (χ2n) is 6.89. The van der Waals surface area contributed by atoms with Crippen LogP contribution in [0.1, 0.15) is 40.0 Å². The Bertz CT molecular complexity index is 574. The summed E-state index contributed by atoms with van der Waals surface area (Å²) in [7, 11) is -3.50. The number of nitrogens with one attached hydrogen (secondary N) is 2. The van der Waals surface area contributed by atoms with E-state index in [2.05, 4.69) is 35.5 Å². The van der Waals surface area contributed by atoms with E-state index in [0.29, 0.717) is 5.92 Å². The highest BCUT2D eigenvalue weighted by atomic mass is 32.2. The number of sulfonamides is 1. The summed E-state index contributed by atoms with van der Waals surface area (Å²) in [6, 6.07) is -0.00736. The van der Waals surface area contributed by atoms with E-state index in [9.17, 15) is 8.42 Å². The summed E-state index contributed by atoms with van der Waals surface area (Å²) in [6.45, 7) is 6.58. The molecular formula is C13H21N3O2S. The van der Waals surface area contributed by atoms with Gasteiger partial charge in [0.05, 0.1) is 12.5 Å². The maximum absolute atomic E-state index is 12.4. The van der Waals surface area contributed by atoms with Crippen molar-refractivity contribution >= 4 is 10.0 Å². The average Bonchev–Trinajstić information content (AvgIpc) is 2.97. The van der Waals surface area contributed by atoms with Crippen LogP contribution < -0.4 is 4.72 Å². The van der Waals surface area contributed by atoms with Crippen molar-refractivity contribution in [2.24, 2.45) is 16.7 Å². The van der Waals surface area contributed by atoms with Crippen LogP contribution in [0.2, 0.25) is 0 Å². The summed E-state index contributed by atoms with van der Waals surface area (Å²) in [4.78, 5) is 6.46. The number of fused-ring (bicyclic) bond motifs is 2. The summed E-state index contributed by atoms with van der Waals surface area (Å²) in [5, 5.41) is 0.148. The van der Waals surface area contributed by atoms with E-state index in [-0.39, 0.29) is 21.9 Å². The normalized spacial score (nSPS) is 36.8. The fourth-order valence-electron chi connectivity index (χ4n) is 4.20. The first-order chi connectivity index (χ1) is 8.76. The van der Waals surface area contributed by atoms with Crippen molar-refractivity contribution in [1.82, 2.24) is 14.7 Å². The van der Waals surface area contributed by atoms with Gasteiger partial charge >= 0.3 is 0 Å². The molecule has 1 heterocycles. The molecule has 6 heteroatoms. The highest BCUT2D eigenvalue weighted by Gasteiger charge is 2.60. The number of aromatic nitrogens is 2. The molecule has 1 aromatic heterocycles. The highest BCUT2D eigenvalue weighted by Crippen LogP contribution is 2.62. The van der Waals surface area contributed by atoms with Gasteiger partial charge in [-0.2, -0.15) is 0 Å². The molecule has 19 heavy (non-hydrogen) atoms. The van der Waals surface area contributed by atoms with Gasteiger partial charge in [0.15, 0.2) is 5.03 Å². The number of hydrogen-bond donors (Lipinski definition) is 2. The highest BCUT2D eigenvalue weighted by molar-refractivity contribution is 7.89. The first-order valence-electron chi connectivity index (χ1n) is 6.76. The lowest BCUT2D eigenvalue weighted by molar-refractivity contribution is 0.127. The molecule has 0 spiro atoms. The van der Waals surface area contributed by atoms with Gasteiger partial charge in [0.1, 0.15) is 0 Å². The van der Waals surface area contributed by atoms with Crippen molar-refractivity contribution in [3.63, 3.8) is 0 Å². The van der Waals surface area contributed by atoms with Crippen molar-refractivity contribution in [3.8, 4) is 0 Å². The van der Waals surface area contributed by atoms with Gasteiger partial charge in [0.25, 0.3) is 10.0 Å². The molecule has 2 aliphatic rings. The fraction of sp³-hybridized carbons (Fsp3) is 0.769. The predicted octanol–water partition coefficient (Wildman–Crippen LogP) is 1.90. The molecule has 3 atom stereocenters. The Labute approximate surface area is 114 Å². The summed E-state index contributed by atoms with van der Waals surface area (Å²) in [5.41, 5.74) is 0.0986. The molecule has 2 N–H and O–H groups in total. The fourth-order valence-corrected chi connectivity index (χ4v) is 5.64. The van der Waals surface area contributed by atoms with E-state index in [1.165, 1.54) is 18.9 Å². The Hall–Kier alpha value is -0.880. The van der Waals surface area contributed by atoms with Gasteiger partial charge in [-0.3, -0.25) is 0 Å². The standard InChI is InChI=1S/C13H21N3O2S/c1-12(2)9-4-5-13(3,6-9)11(12)16-19(17,18)10-7-14-8-15-10/h7-9,11,16H,4-6H2,1-3H3,(H,14,15). The molecule has 0 radical (unpaired) electrons. The SMILES string of the molecule is CC12CCC(C1)C(C)(C)C2NS(=O)(=O)c1cnc[nH]1. The largest absolute Gasteiger partial charge is 0.335 e. The molecule has 1 aromatic rings. The van der Waals surface area contributed by atoms with Crippen LogP contribution >= 0.6 is 0 Å². The lowest BCUT2D eigenvalue weighted by Gasteiger charge is -2.42. The summed E-state index contributed by atoms with van der Waals surface area (Å²) >= 11 is 0. The summed E-state index contributed by atoms with van der Waals surface area (Å²) in [5.74, 6) is 0.618. The zero-order valence-corrected chi connectivity index (χ0v) is 12.4. The molecule has 3 rings (SSSR count). The molecule has 2 bridgehead atoms. The molecule has 2 aliphatic carbocycles. The van der Waals surface area contributed by atoms with Crippen LogP contribution in [-0.4, -0.2) is 24.4 Å². The van der Waals surface area contributed by atoms with E-state index >= 15 is 0 Å². The van der Waals surface area contributed by atoms with Crippen molar-refractivity contribution in [3.05, 3.63) is 12.5 Å². The molecule has 2 saturated carbocycles. The molecule has 0 amide bonds. The molecule has 106 valence electrons. The zero-order valence-electron chi connectivity index (χ0n) is 11.6. The third-order valence-corrected chi connectivity index (χ3v) is 6.65. The third-order valence-electron chi connectivity index (χ3n) is 5.31. The smallest absolute Gasteiger partial charge is 0.257 e. The number of rotatable bonds is 3. The predicted molar refractivity (Wildman–Crippen MR) is 71.9 cm³/mol. The van der Waals surface area contributed by atoms with Gasteiger partial charge in [0, 0.05) is 6.04 Å². The monoisotopic (exact) mass is 283 g/mol. The maximum atomic E-state index is 12.4. The number of hydrogen-bond acceptors (Lipinski definition) is 3. The minimum absolute atomic E-state index is 0.00736. The van der Waals surface area contributed by atoms with E-state index in [0.717, 1.165) is 12.8 Å². The van der Waals surface area contributed by atoms with Crippen molar-refractivity contribution in [2.45, 2.75) is 51.1 Å². The Balaban J connectivity index is 1.92. The Morgan fingerprint density at radius 3 is 2.68 bits per heavy atom. The van der Waals surface area contributed by atoms with Crippen molar-refractivity contribution < 1.29 is 8.42 Å². The topological polar surface area (TPSA) is 74.8 Å². The quantitative estimate of drug-likeness (QED) is 0.889. The van der Waals surface area contributed by atoms with Crippen LogP contribution in [-0.2, 0) is 10.0 Å². The van der Waals surface area contributed by atoms with Gasteiger partial charge in [-0.05, 0) is 36.0 Å². The number of H-pyrrole nitrogens is 1. The first-order valence-corrected chi connectivity index (χ1v) is 8.25. The first kappa shape index (κ1) is 13.1. The third kappa shape index (κ3) is 1.84. The van der Waals surface area contributed by atoms with Gasteiger partial charge < -0.3 is 4.98 Å². The molecule has 0 saturated heterocycles. The summed E-state index contributed by atoms with van der Waals surface area (Å²) < 4.78 is 27.7. The van der Waals surface area contributed by atoms with E-state index < -0.39 is 10.0 Å². The molecule has 0 aromatic carbocycles. The van der Waals surface area contributed by atoms with Crippen LogP contribution in [0.5, 0.6) is 0 Å². The number of aromatic amines is 1. The Kier molecular flexibility index (Phi) is 2.64. The van der Waals surface area contributed by atoms with Gasteiger partial charge in [-0.15, -0.1) is 0 Å². The number of imidazole rings is 1. The number of nitrogens with zero attached hydrogens (tertiary/aromatic N) is 1. The maximum Gasteiger partial charge on any atom is 0.257 e. The average molecular weight is 283 g/mol. The minimum Gasteiger partial charge on any atom is -0.335 e. The van der Waals surface area contributed by atoms with Crippen LogP contribution in [0.15, 0.2) is 17.6 Å². The summed E-state index contributed by atoms with van der Waals surface area (Å²) in [6.07, 6.45) is 6.19. The molecule has 2 fully saturated rings. The zero-order chi connectivity index (χ0) is 13.9. The second-order valence-corrected chi connectivity index (χ2v) is 8.57. The van der Waals surface area contributed by atoms with Crippen LogP contribution in [0, 0.1) is 16.7 Å². The van der Waals surface area contributed by atoms with Crippen LogP contribution in [0.25, 0.3) is 0 Å². The Morgan fingerprint density at radius 2 is 2.16 bits per heavy atom. The lowest BCUT2D eigenvalue weighted by Crippen LogP contribution is -2.52. The molecule has 3 unspecified atom stereocenters. The van der Waals surface area contributed by atoms with Crippen LogP contribution in [0.4, 0.5) is 0 Å². The second kappa shape index (κ2) is 3.82. The van der Waals surface area contributed by atoms with E-state index in [1.54, 1.807) is 0 Å². The molecule has 0 aliphatic heterocycles. The van der Waals surface area contributed by atoms with Crippen molar-refractivity contribution in [2.75, 3.05) is 0 Å². The van der Waals surface area contributed by atoms with Gasteiger partial charge in [-0.1, -0.05) is 20.8 Å². The van der Waals surface area contributed by atoms with E-state index in [1.807, 2.05) is 0 Å². The minimum atomic E-state index is -3.50. The van der Waals surface area contributed by atoms with Gasteiger partial charge in [0.2, 0.25) is 0 Å². The van der Waals surface area contributed by atoms with Crippen molar-refractivity contribution in [1.29, 1.82) is 0 Å². The van der Waals surface area contributed by atoms with Gasteiger partial charge in [-0.25, -0.2) is 18.1 Å². The Morgan fingerprint density at radius 1 is 1.42 bits per heavy atom. The molecule has 5 nitrogen and oxygen atoms in total.